The van der Waals surface area contributed by atoms with E-state index in [9.17, 15) is 4.79 Å². The molecule has 0 radical (unpaired) electrons. The molecular weight excluding hydrogens is 555 g/mol. The Hall–Kier alpha value is -2.59. The van der Waals surface area contributed by atoms with Crippen LogP contribution in [0.5, 0.6) is 0 Å². The lowest BCUT2D eigenvalue weighted by atomic mass is 10.1. The Kier molecular flexibility index (Phi) is 9.97. The van der Waals surface area contributed by atoms with E-state index in [2.05, 4.69) is 31.7 Å². The number of halogens is 3. The van der Waals surface area contributed by atoms with Crippen LogP contribution in [0.4, 0.5) is 15.8 Å². The molecule has 1 aromatic heterocycles. The molecule has 184 valence electrons. The van der Waals surface area contributed by atoms with Gasteiger partial charge in [-0.15, -0.1) is 11.8 Å². The van der Waals surface area contributed by atoms with Gasteiger partial charge in [-0.25, -0.2) is 14.9 Å². The molecule has 0 aliphatic rings. The largest absolute Gasteiger partial charge is 0.351 e. The molecule has 0 saturated heterocycles. The smallest absolute Gasteiger partial charge is 0.277 e. The standard InChI is InChI=1S/C23H19BrClFN4O2S.C2H6/c1-30-13-27-22-19(30)12-16(21(20(22)26)28-18-8-7-14(24)11-17(18)25)23(31)29-32-9-10-33-15-5-3-2-4-6-15;1-2/h2-8,11-13,28H,9-10H2,1H3,(H,29,31);1-2H3. The van der Waals surface area contributed by atoms with Crippen molar-refractivity contribution in [3.63, 3.8) is 0 Å². The zero-order valence-electron chi connectivity index (χ0n) is 19.4. The van der Waals surface area contributed by atoms with Gasteiger partial charge in [-0.3, -0.25) is 9.63 Å². The number of aromatic nitrogens is 2. The number of hydroxylamine groups is 1. The minimum atomic E-state index is -0.656. The minimum Gasteiger partial charge on any atom is -0.351 e. The number of benzene rings is 3. The van der Waals surface area contributed by atoms with Gasteiger partial charge >= 0.3 is 0 Å². The van der Waals surface area contributed by atoms with Crippen LogP contribution < -0.4 is 10.8 Å². The minimum absolute atomic E-state index is 0.0369. The third kappa shape index (κ3) is 6.76. The molecule has 0 spiro atoms. The first kappa shape index (κ1) is 27.0. The Morgan fingerprint density at radius 3 is 2.66 bits per heavy atom. The normalized spacial score (nSPS) is 10.6. The van der Waals surface area contributed by atoms with Crippen LogP contribution in [0.2, 0.25) is 5.02 Å². The lowest BCUT2D eigenvalue weighted by Crippen LogP contribution is -2.26. The van der Waals surface area contributed by atoms with E-state index < -0.39 is 11.7 Å². The number of nitrogens with one attached hydrogen (secondary N) is 2. The maximum atomic E-state index is 15.4. The number of imidazole rings is 1. The molecule has 0 aliphatic carbocycles. The van der Waals surface area contributed by atoms with Gasteiger partial charge in [0.15, 0.2) is 5.82 Å². The van der Waals surface area contributed by atoms with Crippen LogP contribution in [0.3, 0.4) is 0 Å². The van der Waals surface area contributed by atoms with E-state index in [1.54, 1.807) is 47.6 Å². The van der Waals surface area contributed by atoms with Gasteiger partial charge in [0, 0.05) is 22.2 Å². The molecule has 1 heterocycles. The Balaban J connectivity index is 0.00000167. The van der Waals surface area contributed by atoms with Crippen molar-refractivity contribution in [2.45, 2.75) is 18.7 Å². The molecule has 1 amide bonds. The number of amides is 1. The van der Waals surface area contributed by atoms with Crippen LogP contribution in [0.15, 0.2) is 70.3 Å². The van der Waals surface area contributed by atoms with Crippen molar-refractivity contribution in [3.05, 3.63) is 81.8 Å². The highest BCUT2D eigenvalue weighted by atomic mass is 79.9. The molecule has 10 heteroatoms. The number of fused-ring (bicyclic) bond motifs is 1. The van der Waals surface area contributed by atoms with Gasteiger partial charge in [-0.2, -0.15) is 0 Å². The van der Waals surface area contributed by atoms with Crippen molar-refractivity contribution in [1.29, 1.82) is 0 Å². The van der Waals surface area contributed by atoms with Crippen LogP contribution in [0.25, 0.3) is 11.0 Å². The van der Waals surface area contributed by atoms with Crippen LogP contribution in [-0.2, 0) is 11.9 Å². The van der Waals surface area contributed by atoms with Gasteiger partial charge in [-0.1, -0.05) is 59.6 Å². The van der Waals surface area contributed by atoms with Crippen LogP contribution in [0, 0.1) is 5.82 Å². The zero-order chi connectivity index (χ0) is 25.4. The predicted octanol–water partition coefficient (Wildman–Crippen LogP) is 7.35. The summed E-state index contributed by atoms with van der Waals surface area (Å²) >= 11 is 11.2. The molecule has 4 aromatic rings. The first-order valence-electron chi connectivity index (χ1n) is 10.9. The number of nitrogens with zero attached hydrogens (tertiary/aromatic N) is 2. The van der Waals surface area contributed by atoms with E-state index in [0.29, 0.717) is 22.0 Å². The molecule has 0 fully saturated rings. The topological polar surface area (TPSA) is 68.2 Å². The summed E-state index contributed by atoms with van der Waals surface area (Å²) in [6.45, 7) is 4.28. The molecule has 6 nitrogen and oxygen atoms in total. The van der Waals surface area contributed by atoms with Crippen LogP contribution in [-0.4, -0.2) is 27.8 Å². The van der Waals surface area contributed by atoms with E-state index >= 15 is 4.39 Å². The summed E-state index contributed by atoms with van der Waals surface area (Å²) in [6.07, 6.45) is 1.49. The number of hydrogen-bond donors (Lipinski definition) is 2. The van der Waals surface area contributed by atoms with Crippen molar-refractivity contribution < 1.29 is 14.0 Å². The van der Waals surface area contributed by atoms with Gasteiger partial charge in [0.05, 0.1) is 40.4 Å². The summed E-state index contributed by atoms with van der Waals surface area (Å²) in [5.74, 6) is -0.603. The third-order valence-electron chi connectivity index (χ3n) is 4.76. The first-order chi connectivity index (χ1) is 16.9. The van der Waals surface area contributed by atoms with Crippen molar-refractivity contribution in [2.75, 3.05) is 17.7 Å². The lowest BCUT2D eigenvalue weighted by Gasteiger charge is -2.15. The monoisotopic (exact) mass is 578 g/mol. The molecule has 0 atom stereocenters. The number of carbonyl (C=O) groups is 1. The molecule has 0 aliphatic heterocycles. The van der Waals surface area contributed by atoms with Crippen LogP contribution >= 0.6 is 39.3 Å². The van der Waals surface area contributed by atoms with Crippen molar-refractivity contribution in [3.8, 4) is 0 Å². The molecular formula is C25H25BrClFN4O2S. The summed E-state index contributed by atoms with van der Waals surface area (Å²) in [4.78, 5) is 23.5. The van der Waals surface area contributed by atoms with Crippen molar-refractivity contribution in [1.82, 2.24) is 15.0 Å². The van der Waals surface area contributed by atoms with E-state index in [1.807, 2.05) is 44.2 Å². The average molecular weight is 580 g/mol. The predicted molar refractivity (Wildman–Crippen MR) is 145 cm³/mol. The molecule has 0 saturated carbocycles. The second-order valence-corrected chi connectivity index (χ2v) is 9.52. The Bertz CT molecular complexity index is 1300. The fourth-order valence-electron chi connectivity index (χ4n) is 3.14. The molecule has 0 unspecified atom stereocenters. The number of carbonyl (C=O) groups excluding carboxylic acids is 1. The highest BCUT2D eigenvalue weighted by Gasteiger charge is 2.22. The van der Waals surface area contributed by atoms with E-state index in [0.717, 1.165) is 9.37 Å². The maximum absolute atomic E-state index is 15.4. The Labute approximate surface area is 221 Å². The first-order valence-corrected chi connectivity index (χ1v) is 13.1. The van der Waals surface area contributed by atoms with Gasteiger partial charge in [0.25, 0.3) is 5.91 Å². The molecule has 4 rings (SSSR count). The zero-order valence-corrected chi connectivity index (χ0v) is 22.6. The second kappa shape index (κ2) is 12.9. The number of thioether (sulfide) groups is 1. The number of hydrogen-bond acceptors (Lipinski definition) is 5. The van der Waals surface area contributed by atoms with E-state index in [-0.39, 0.29) is 23.4 Å². The second-order valence-electron chi connectivity index (χ2n) is 7.03. The number of aryl methyl sites for hydroxylation is 1. The summed E-state index contributed by atoms with van der Waals surface area (Å²) in [6, 6.07) is 16.6. The maximum Gasteiger partial charge on any atom is 0.277 e. The van der Waals surface area contributed by atoms with Gasteiger partial charge in [0.2, 0.25) is 0 Å². The van der Waals surface area contributed by atoms with E-state index in [4.69, 9.17) is 16.4 Å². The van der Waals surface area contributed by atoms with Crippen LogP contribution in [0.1, 0.15) is 24.2 Å². The summed E-state index contributed by atoms with van der Waals surface area (Å²) in [5.41, 5.74) is 3.51. The molecule has 0 bridgehead atoms. The average Bonchev–Trinajstić information content (AvgIpc) is 3.24. The summed E-state index contributed by atoms with van der Waals surface area (Å²) < 4.78 is 17.8. The Morgan fingerprint density at radius 1 is 1.20 bits per heavy atom. The van der Waals surface area contributed by atoms with Gasteiger partial charge in [0.1, 0.15) is 5.52 Å². The number of anilines is 2. The fourth-order valence-corrected chi connectivity index (χ4v) is 4.61. The number of rotatable bonds is 8. The third-order valence-corrected chi connectivity index (χ3v) is 6.54. The quantitative estimate of drug-likeness (QED) is 0.130. The highest BCUT2D eigenvalue weighted by Crippen LogP contribution is 2.34. The SMILES string of the molecule is CC.Cn1cnc2c(F)c(Nc3ccc(Br)cc3Cl)c(C(=O)NOCCSc3ccccc3)cc21. The molecule has 2 N–H and O–H groups in total. The lowest BCUT2D eigenvalue weighted by molar-refractivity contribution is 0.0375. The molecule has 3 aromatic carbocycles. The Morgan fingerprint density at radius 2 is 1.94 bits per heavy atom. The highest BCUT2D eigenvalue weighted by molar-refractivity contribution is 9.10. The fraction of sp³-hybridized carbons (Fsp3) is 0.200. The molecule has 35 heavy (non-hydrogen) atoms. The van der Waals surface area contributed by atoms with E-state index in [1.165, 1.54) is 6.33 Å². The summed E-state index contributed by atoms with van der Waals surface area (Å²) in [5, 5.41) is 3.31. The van der Waals surface area contributed by atoms with Gasteiger partial charge < -0.3 is 9.88 Å². The van der Waals surface area contributed by atoms with Gasteiger partial charge in [-0.05, 0) is 36.4 Å². The van der Waals surface area contributed by atoms with Crippen molar-refractivity contribution in [2.24, 2.45) is 7.05 Å². The summed E-state index contributed by atoms with van der Waals surface area (Å²) in [7, 11) is 1.73. The van der Waals surface area contributed by atoms with Crippen molar-refractivity contribution >= 4 is 67.6 Å².